The van der Waals surface area contributed by atoms with Crippen molar-refractivity contribution in [2.45, 2.75) is 25.8 Å². The maximum atomic E-state index is 11.2. The Hall–Kier alpha value is -1.50. The van der Waals surface area contributed by atoms with Crippen molar-refractivity contribution in [3.63, 3.8) is 0 Å². The van der Waals surface area contributed by atoms with E-state index in [4.69, 9.17) is 0 Å². The van der Waals surface area contributed by atoms with Crippen LogP contribution in [0, 0.1) is 17.0 Å². The molecule has 1 saturated heterocycles. The number of pyridine rings is 1. The topological polar surface area (TPSA) is 85.1 Å². The van der Waals surface area contributed by atoms with Gasteiger partial charge in [-0.3, -0.25) is 14.3 Å². The molecule has 1 aromatic heterocycles. The van der Waals surface area contributed by atoms with E-state index in [1.165, 1.54) is 6.07 Å². The van der Waals surface area contributed by atoms with Crippen molar-refractivity contribution in [1.29, 1.82) is 0 Å². The van der Waals surface area contributed by atoms with E-state index < -0.39 is 15.7 Å². The van der Waals surface area contributed by atoms with Crippen molar-refractivity contribution in [2.75, 3.05) is 16.8 Å². The van der Waals surface area contributed by atoms with Crippen LogP contribution in [-0.4, -0.2) is 31.7 Å². The van der Waals surface area contributed by atoms with Gasteiger partial charge in [-0.2, -0.15) is 0 Å². The second kappa shape index (κ2) is 5.43. The van der Waals surface area contributed by atoms with E-state index >= 15 is 0 Å². The lowest BCUT2D eigenvalue weighted by Gasteiger charge is -2.23. The molecule has 2 heterocycles. The van der Waals surface area contributed by atoms with Gasteiger partial charge < -0.3 is 5.32 Å². The molecule has 1 aromatic rings. The molecule has 6 nitrogen and oxygen atoms in total. The highest BCUT2D eigenvalue weighted by molar-refractivity contribution is 7.85. The van der Waals surface area contributed by atoms with E-state index in [9.17, 15) is 14.3 Å². The smallest absolute Gasteiger partial charge is 0.290 e. The summed E-state index contributed by atoms with van der Waals surface area (Å²) < 4.78 is 11.2. The number of anilines is 1. The van der Waals surface area contributed by atoms with Gasteiger partial charge in [-0.1, -0.05) is 0 Å². The second-order valence-electron chi connectivity index (χ2n) is 4.32. The van der Waals surface area contributed by atoms with E-state index in [2.05, 4.69) is 10.3 Å². The summed E-state index contributed by atoms with van der Waals surface area (Å²) in [5.41, 5.74) is 0.440. The van der Waals surface area contributed by atoms with Crippen LogP contribution in [0.5, 0.6) is 0 Å². The van der Waals surface area contributed by atoms with E-state index in [1.54, 1.807) is 13.0 Å². The Kier molecular flexibility index (Phi) is 3.90. The summed E-state index contributed by atoms with van der Waals surface area (Å²) in [4.78, 5) is 14.4. The lowest BCUT2D eigenvalue weighted by atomic mass is 10.1. The van der Waals surface area contributed by atoms with Crippen LogP contribution >= 0.6 is 0 Å². The SMILES string of the molecule is Cc1nc(NC2CCS(=O)CC2)ccc1[N+](=O)[O-]. The molecule has 0 atom stereocenters. The van der Waals surface area contributed by atoms with Crippen LogP contribution in [0.2, 0.25) is 0 Å². The third kappa shape index (κ3) is 3.04. The number of rotatable bonds is 3. The zero-order valence-electron chi connectivity index (χ0n) is 10.1. The normalized spacial score (nSPS) is 23.6. The van der Waals surface area contributed by atoms with Gasteiger partial charge in [0.25, 0.3) is 5.69 Å². The average molecular weight is 269 g/mol. The summed E-state index contributed by atoms with van der Waals surface area (Å²) >= 11 is 0. The molecule has 1 aliphatic heterocycles. The Morgan fingerprint density at radius 2 is 2.11 bits per heavy atom. The van der Waals surface area contributed by atoms with Gasteiger partial charge in [0.2, 0.25) is 0 Å². The molecule has 0 spiro atoms. The summed E-state index contributed by atoms with van der Waals surface area (Å²) in [6.07, 6.45) is 1.70. The minimum Gasteiger partial charge on any atom is -0.367 e. The van der Waals surface area contributed by atoms with Gasteiger partial charge in [0.05, 0.1) is 4.92 Å². The minimum absolute atomic E-state index is 0.0327. The fraction of sp³-hybridized carbons (Fsp3) is 0.545. The Bertz CT molecular complexity index is 482. The van der Waals surface area contributed by atoms with Crippen molar-refractivity contribution in [3.05, 3.63) is 27.9 Å². The molecule has 0 aromatic carbocycles. The van der Waals surface area contributed by atoms with Crippen LogP contribution in [0.3, 0.4) is 0 Å². The molecule has 0 saturated carbocycles. The van der Waals surface area contributed by atoms with E-state index in [0.29, 0.717) is 23.0 Å². The molecule has 7 heteroatoms. The lowest BCUT2D eigenvalue weighted by molar-refractivity contribution is -0.385. The zero-order valence-corrected chi connectivity index (χ0v) is 10.9. The highest BCUT2D eigenvalue weighted by Crippen LogP contribution is 2.20. The van der Waals surface area contributed by atoms with Gasteiger partial charge in [0.1, 0.15) is 11.5 Å². The summed E-state index contributed by atoms with van der Waals surface area (Å²) in [6.45, 7) is 1.62. The zero-order chi connectivity index (χ0) is 13.1. The third-order valence-corrected chi connectivity index (χ3v) is 4.38. The van der Waals surface area contributed by atoms with E-state index in [-0.39, 0.29) is 11.7 Å². The quantitative estimate of drug-likeness (QED) is 0.665. The van der Waals surface area contributed by atoms with Gasteiger partial charge in [0, 0.05) is 34.4 Å². The van der Waals surface area contributed by atoms with Crippen LogP contribution in [0.15, 0.2) is 12.1 Å². The Balaban J connectivity index is 2.04. The van der Waals surface area contributed by atoms with Gasteiger partial charge >= 0.3 is 0 Å². The molecule has 0 amide bonds. The Morgan fingerprint density at radius 3 is 2.67 bits per heavy atom. The standard InChI is InChI=1S/C11H15N3O3S/c1-8-10(14(15)16)2-3-11(12-8)13-9-4-6-18(17)7-5-9/h2-3,9H,4-7H2,1H3,(H,12,13). The number of aryl methyl sites for hydroxylation is 1. The molecule has 18 heavy (non-hydrogen) atoms. The molecule has 0 unspecified atom stereocenters. The molecule has 98 valence electrons. The van der Waals surface area contributed by atoms with Crippen molar-refractivity contribution in [2.24, 2.45) is 0 Å². The average Bonchev–Trinajstić information content (AvgIpc) is 2.32. The minimum atomic E-state index is -0.683. The third-order valence-electron chi connectivity index (χ3n) is 2.99. The monoisotopic (exact) mass is 269 g/mol. The van der Waals surface area contributed by atoms with Gasteiger partial charge in [-0.05, 0) is 25.8 Å². The number of hydrogen-bond donors (Lipinski definition) is 1. The summed E-state index contributed by atoms with van der Waals surface area (Å²) in [5, 5.41) is 13.9. The van der Waals surface area contributed by atoms with Crippen LogP contribution in [0.25, 0.3) is 0 Å². The largest absolute Gasteiger partial charge is 0.367 e. The van der Waals surface area contributed by atoms with Crippen molar-refractivity contribution >= 4 is 22.3 Å². The number of hydrogen-bond acceptors (Lipinski definition) is 5. The number of aromatic nitrogens is 1. The lowest BCUT2D eigenvalue weighted by Crippen LogP contribution is -2.29. The fourth-order valence-electron chi connectivity index (χ4n) is 1.97. The molecular weight excluding hydrogens is 254 g/mol. The highest BCUT2D eigenvalue weighted by Gasteiger charge is 2.19. The van der Waals surface area contributed by atoms with Gasteiger partial charge in [-0.25, -0.2) is 4.98 Å². The molecule has 0 aliphatic carbocycles. The van der Waals surface area contributed by atoms with E-state index in [0.717, 1.165) is 12.8 Å². The maximum Gasteiger partial charge on any atom is 0.290 e. The van der Waals surface area contributed by atoms with Crippen molar-refractivity contribution < 1.29 is 9.13 Å². The van der Waals surface area contributed by atoms with Gasteiger partial charge in [-0.15, -0.1) is 0 Å². The Morgan fingerprint density at radius 1 is 1.44 bits per heavy atom. The molecule has 2 rings (SSSR count). The van der Waals surface area contributed by atoms with E-state index in [1.807, 2.05) is 0 Å². The number of nitrogens with one attached hydrogen (secondary N) is 1. The molecule has 0 bridgehead atoms. The highest BCUT2D eigenvalue weighted by atomic mass is 32.2. The summed E-state index contributed by atoms with van der Waals surface area (Å²) in [5.74, 6) is 2.07. The first-order valence-electron chi connectivity index (χ1n) is 5.80. The Labute approximate surface area is 107 Å². The fourth-order valence-corrected chi connectivity index (χ4v) is 3.27. The number of nitro groups is 1. The van der Waals surface area contributed by atoms with Crippen LogP contribution < -0.4 is 5.32 Å². The van der Waals surface area contributed by atoms with Crippen molar-refractivity contribution in [1.82, 2.24) is 4.98 Å². The van der Waals surface area contributed by atoms with Crippen LogP contribution in [0.1, 0.15) is 18.5 Å². The first kappa shape index (κ1) is 12.9. The predicted molar refractivity (Wildman–Crippen MR) is 70.1 cm³/mol. The summed E-state index contributed by atoms with van der Waals surface area (Å²) in [6, 6.07) is 3.35. The first-order chi connectivity index (χ1) is 8.56. The molecule has 1 fully saturated rings. The number of nitrogens with zero attached hydrogens (tertiary/aromatic N) is 2. The first-order valence-corrected chi connectivity index (χ1v) is 7.28. The maximum absolute atomic E-state index is 11.2. The van der Waals surface area contributed by atoms with Crippen molar-refractivity contribution in [3.8, 4) is 0 Å². The molecule has 1 N–H and O–H groups in total. The summed E-state index contributed by atoms with van der Waals surface area (Å²) in [7, 11) is -0.683. The molecule has 1 aliphatic rings. The molecule has 0 radical (unpaired) electrons. The second-order valence-corrected chi connectivity index (χ2v) is 6.02. The van der Waals surface area contributed by atoms with Crippen LogP contribution in [-0.2, 0) is 10.8 Å². The van der Waals surface area contributed by atoms with Crippen LogP contribution in [0.4, 0.5) is 11.5 Å². The van der Waals surface area contributed by atoms with Gasteiger partial charge in [0.15, 0.2) is 0 Å². The molecular formula is C11H15N3O3S. The predicted octanol–water partition coefficient (Wildman–Crippen LogP) is 1.62.